The molecule has 0 fully saturated rings. The normalized spacial score (nSPS) is 19.8. The number of fused-ring (bicyclic) bond motifs is 1. The second-order valence-electron chi connectivity index (χ2n) is 5.38. The number of hydrogen-bond acceptors (Lipinski definition) is 3. The lowest BCUT2D eigenvalue weighted by Gasteiger charge is -2.37. The van der Waals surface area contributed by atoms with Crippen LogP contribution in [0.3, 0.4) is 0 Å². The van der Waals surface area contributed by atoms with Crippen LogP contribution >= 0.6 is 0 Å². The first-order chi connectivity index (χ1) is 9.17. The van der Waals surface area contributed by atoms with Gasteiger partial charge in [0.2, 0.25) is 0 Å². The first-order valence-corrected chi connectivity index (χ1v) is 7.48. The zero-order chi connectivity index (χ0) is 13.8. The molecule has 2 atom stereocenters. The molecule has 1 aromatic rings. The Morgan fingerprint density at radius 2 is 2.16 bits per heavy atom. The molecule has 2 rings (SSSR count). The van der Waals surface area contributed by atoms with E-state index < -0.39 is 0 Å². The SMILES string of the molecule is CCc1ccc2c(c1)N(CC(N)CC)CC(CC)O2. The molecule has 0 saturated heterocycles. The molecule has 1 aliphatic rings. The van der Waals surface area contributed by atoms with Crippen LogP contribution in [0.1, 0.15) is 39.2 Å². The Balaban J connectivity index is 2.27. The van der Waals surface area contributed by atoms with Crippen molar-refractivity contribution in [3.8, 4) is 5.75 Å². The van der Waals surface area contributed by atoms with Gasteiger partial charge in [0.25, 0.3) is 0 Å². The zero-order valence-electron chi connectivity index (χ0n) is 12.4. The van der Waals surface area contributed by atoms with Gasteiger partial charge >= 0.3 is 0 Å². The van der Waals surface area contributed by atoms with Crippen molar-refractivity contribution < 1.29 is 4.74 Å². The molecule has 3 heteroatoms. The van der Waals surface area contributed by atoms with Crippen molar-refractivity contribution in [3.05, 3.63) is 23.8 Å². The van der Waals surface area contributed by atoms with E-state index in [1.165, 1.54) is 11.3 Å². The number of benzene rings is 1. The van der Waals surface area contributed by atoms with Gasteiger partial charge in [0.15, 0.2) is 0 Å². The molecule has 3 nitrogen and oxygen atoms in total. The van der Waals surface area contributed by atoms with Crippen molar-refractivity contribution >= 4 is 5.69 Å². The van der Waals surface area contributed by atoms with E-state index in [0.717, 1.165) is 38.1 Å². The minimum atomic E-state index is 0.230. The molecule has 1 heterocycles. The molecular weight excluding hydrogens is 236 g/mol. The van der Waals surface area contributed by atoms with E-state index in [9.17, 15) is 0 Å². The van der Waals surface area contributed by atoms with Crippen LogP contribution in [-0.2, 0) is 6.42 Å². The summed E-state index contributed by atoms with van der Waals surface area (Å²) in [5.41, 5.74) is 8.71. The van der Waals surface area contributed by atoms with Crippen LogP contribution in [0.2, 0.25) is 0 Å². The smallest absolute Gasteiger partial charge is 0.143 e. The fraction of sp³-hybridized carbons (Fsp3) is 0.625. The van der Waals surface area contributed by atoms with E-state index in [4.69, 9.17) is 10.5 Å². The Labute approximate surface area is 116 Å². The van der Waals surface area contributed by atoms with Crippen LogP contribution in [0, 0.1) is 0 Å². The van der Waals surface area contributed by atoms with Crippen LogP contribution in [0.25, 0.3) is 0 Å². The second kappa shape index (κ2) is 6.29. The zero-order valence-corrected chi connectivity index (χ0v) is 12.4. The van der Waals surface area contributed by atoms with E-state index in [2.05, 4.69) is 43.9 Å². The number of rotatable bonds is 5. The van der Waals surface area contributed by atoms with Crippen molar-refractivity contribution in [1.82, 2.24) is 0 Å². The standard InChI is InChI=1S/C16H26N2O/c1-4-12-7-8-16-15(9-12)18(10-13(17)5-2)11-14(6-3)19-16/h7-9,13-14H,4-6,10-11,17H2,1-3H3. The van der Waals surface area contributed by atoms with Gasteiger partial charge in [-0.05, 0) is 37.0 Å². The fourth-order valence-corrected chi connectivity index (χ4v) is 2.49. The largest absolute Gasteiger partial charge is 0.486 e. The van der Waals surface area contributed by atoms with E-state index in [1.807, 2.05) is 0 Å². The van der Waals surface area contributed by atoms with Gasteiger partial charge in [0.1, 0.15) is 11.9 Å². The summed E-state index contributed by atoms with van der Waals surface area (Å²) in [5.74, 6) is 1.01. The lowest BCUT2D eigenvalue weighted by molar-refractivity contribution is 0.188. The van der Waals surface area contributed by atoms with Crippen molar-refractivity contribution in [3.63, 3.8) is 0 Å². The summed E-state index contributed by atoms with van der Waals surface area (Å²) >= 11 is 0. The predicted octanol–water partition coefficient (Wildman–Crippen LogP) is 2.96. The molecule has 1 aliphatic heterocycles. The first-order valence-electron chi connectivity index (χ1n) is 7.48. The van der Waals surface area contributed by atoms with Gasteiger partial charge in [-0.15, -0.1) is 0 Å². The van der Waals surface area contributed by atoms with Crippen molar-refractivity contribution in [2.75, 3.05) is 18.0 Å². The maximum absolute atomic E-state index is 6.14. The van der Waals surface area contributed by atoms with Crippen LogP contribution < -0.4 is 15.4 Å². The second-order valence-corrected chi connectivity index (χ2v) is 5.38. The molecule has 0 aromatic heterocycles. The first kappa shape index (κ1) is 14.2. The number of aryl methyl sites for hydroxylation is 1. The van der Waals surface area contributed by atoms with E-state index in [0.29, 0.717) is 0 Å². The van der Waals surface area contributed by atoms with Gasteiger partial charge in [0.05, 0.1) is 12.2 Å². The maximum atomic E-state index is 6.14. The van der Waals surface area contributed by atoms with Crippen LogP contribution in [-0.4, -0.2) is 25.2 Å². The van der Waals surface area contributed by atoms with Crippen molar-refractivity contribution in [2.45, 2.75) is 52.2 Å². The molecular formula is C16H26N2O. The molecule has 0 bridgehead atoms. The Morgan fingerprint density at radius 3 is 2.79 bits per heavy atom. The number of nitrogens with zero attached hydrogens (tertiary/aromatic N) is 1. The molecule has 0 aliphatic carbocycles. The molecule has 2 N–H and O–H groups in total. The number of nitrogens with two attached hydrogens (primary N) is 1. The number of hydrogen-bond donors (Lipinski definition) is 1. The van der Waals surface area contributed by atoms with Crippen LogP contribution in [0.15, 0.2) is 18.2 Å². The number of ether oxygens (including phenoxy) is 1. The molecule has 106 valence electrons. The van der Waals surface area contributed by atoms with Crippen molar-refractivity contribution in [1.29, 1.82) is 0 Å². The summed E-state index contributed by atoms with van der Waals surface area (Å²) in [6, 6.07) is 6.76. The molecule has 0 saturated carbocycles. The topological polar surface area (TPSA) is 38.5 Å². The Kier molecular flexibility index (Phi) is 4.70. The number of anilines is 1. The summed E-state index contributed by atoms with van der Waals surface area (Å²) in [6.45, 7) is 8.36. The highest BCUT2D eigenvalue weighted by Gasteiger charge is 2.25. The molecule has 19 heavy (non-hydrogen) atoms. The van der Waals surface area contributed by atoms with Gasteiger partial charge in [-0.2, -0.15) is 0 Å². The maximum Gasteiger partial charge on any atom is 0.143 e. The Morgan fingerprint density at radius 1 is 1.37 bits per heavy atom. The Hall–Kier alpha value is -1.22. The van der Waals surface area contributed by atoms with Gasteiger partial charge < -0.3 is 15.4 Å². The lowest BCUT2D eigenvalue weighted by atomic mass is 10.1. The predicted molar refractivity (Wildman–Crippen MR) is 81.0 cm³/mol. The highest BCUT2D eigenvalue weighted by Crippen LogP contribution is 2.35. The highest BCUT2D eigenvalue weighted by atomic mass is 16.5. The molecule has 0 radical (unpaired) electrons. The third-order valence-corrected chi connectivity index (χ3v) is 3.92. The monoisotopic (exact) mass is 262 g/mol. The van der Waals surface area contributed by atoms with E-state index in [-0.39, 0.29) is 12.1 Å². The molecule has 1 aromatic carbocycles. The third kappa shape index (κ3) is 3.21. The minimum Gasteiger partial charge on any atom is -0.486 e. The van der Waals surface area contributed by atoms with Crippen LogP contribution in [0.4, 0.5) is 5.69 Å². The lowest BCUT2D eigenvalue weighted by Crippen LogP contribution is -2.45. The van der Waals surface area contributed by atoms with E-state index in [1.54, 1.807) is 0 Å². The molecule has 0 spiro atoms. The molecule has 0 amide bonds. The third-order valence-electron chi connectivity index (χ3n) is 3.92. The van der Waals surface area contributed by atoms with E-state index >= 15 is 0 Å². The van der Waals surface area contributed by atoms with Gasteiger partial charge in [-0.1, -0.05) is 26.8 Å². The average molecular weight is 262 g/mol. The molecule has 2 unspecified atom stereocenters. The minimum absolute atomic E-state index is 0.230. The fourth-order valence-electron chi connectivity index (χ4n) is 2.49. The van der Waals surface area contributed by atoms with Gasteiger partial charge in [0, 0.05) is 12.6 Å². The quantitative estimate of drug-likeness (QED) is 0.886. The average Bonchev–Trinajstić information content (AvgIpc) is 2.46. The van der Waals surface area contributed by atoms with Crippen LogP contribution in [0.5, 0.6) is 5.75 Å². The van der Waals surface area contributed by atoms with Crippen molar-refractivity contribution in [2.24, 2.45) is 5.73 Å². The summed E-state index contributed by atoms with van der Waals surface area (Å²) < 4.78 is 6.04. The van der Waals surface area contributed by atoms with Gasteiger partial charge in [-0.25, -0.2) is 0 Å². The summed E-state index contributed by atoms with van der Waals surface area (Å²) in [4.78, 5) is 2.40. The summed E-state index contributed by atoms with van der Waals surface area (Å²) in [6.07, 6.45) is 3.38. The Bertz CT molecular complexity index is 419. The summed E-state index contributed by atoms with van der Waals surface area (Å²) in [7, 11) is 0. The highest BCUT2D eigenvalue weighted by molar-refractivity contribution is 5.62. The summed E-state index contributed by atoms with van der Waals surface area (Å²) in [5, 5.41) is 0. The van der Waals surface area contributed by atoms with Gasteiger partial charge in [-0.3, -0.25) is 0 Å².